The number of nitrogens with zero attached hydrogens (tertiary/aromatic N) is 1. The molecule has 0 bridgehead atoms. The third-order valence-electron chi connectivity index (χ3n) is 3.70. The van der Waals surface area contributed by atoms with Gasteiger partial charge in [0.1, 0.15) is 0 Å². The van der Waals surface area contributed by atoms with Gasteiger partial charge in [0.25, 0.3) is 0 Å². The smallest absolute Gasteiger partial charge is 0.309 e. The molecule has 0 aromatic carbocycles. The van der Waals surface area contributed by atoms with Crippen LogP contribution in [-0.2, 0) is 14.3 Å². The lowest BCUT2D eigenvalue weighted by atomic mass is 9.94. The van der Waals surface area contributed by atoms with E-state index >= 15 is 0 Å². The van der Waals surface area contributed by atoms with Crippen molar-refractivity contribution in [1.29, 1.82) is 0 Å². The van der Waals surface area contributed by atoms with Crippen LogP contribution in [0.5, 0.6) is 0 Å². The molecule has 1 heterocycles. The highest BCUT2D eigenvalue weighted by molar-refractivity contribution is 5.91. The maximum Gasteiger partial charge on any atom is 0.309 e. The molecule has 2 rings (SSSR count). The molecule has 1 aliphatic heterocycles. The predicted molar refractivity (Wildman–Crippen MR) is 67.9 cm³/mol. The number of ether oxygens (including phenoxy) is 1. The molecule has 1 fully saturated rings. The highest BCUT2D eigenvalue weighted by atomic mass is 16.5. The topological polar surface area (TPSA) is 46.6 Å². The van der Waals surface area contributed by atoms with Gasteiger partial charge in [-0.25, -0.2) is 0 Å². The Morgan fingerprint density at radius 2 is 2.11 bits per heavy atom. The third-order valence-corrected chi connectivity index (χ3v) is 3.70. The van der Waals surface area contributed by atoms with Gasteiger partial charge in [0, 0.05) is 31.3 Å². The molecule has 0 aromatic rings. The lowest BCUT2D eigenvalue weighted by Crippen LogP contribution is -2.37. The van der Waals surface area contributed by atoms with Gasteiger partial charge in [-0.15, -0.1) is 0 Å². The van der Waals surface area contributed by atoms with Crippen LogP contribution in [-0.4, -0.2) is 36.3 Å². The molecule has 18 heavy (non-hydrogen) atoms. The van der Waals surface area contributed by atoms with E-state index in [9.17, 15) is 9.59 Å². The Hall–Kier alpha value is -1.32. The first-order chi connectivity index (χ1) is 8.70. The summed E-state index contributed by atoms with van der Waals surface area (Å²) in [7, 11) is 0. The summed E-state index contributed by atoms with van der Waals surface area (Å²) in [5.74, 6) is 0.218. The van der Waals surface area contributed by atoms with E-state index in [0.29, 0.717) is 13.0 Å². The van der Waals surface area contributed by atoms with Crippen molar-refractivity contribution >= 4 is 11.8 Å². The predicted octanol–water partition coefficient (Wildman–Crippen LogP) is 1.90. The fraction of sp³-hybridized carbons (Fsp3) is 0.714. The Balaban J connectivity index is 1.86. The average molecular weight is 251 g/mol. The van der Waals surface area contributed by atoms with Crippen LogP contribution in [0.4, 0.5) is 0 Å². The minimum Gasteiger partial charge on any atom is -0.466 e. The molecule has 0 radical (unpaired) electrons. The number of rotatable bonds is 3. The van der Waals surface area contributed by atoms with Gasteiger partial charge < -0.3 is 9.64 Å². The van der Waals surface area contributed by atoms with Gasteiger partial charge in [-0.05, 0) is 32.6 Å². The minimum atomic E-state index is -0.0640. The van der Waals surface area contributed by atoms with Crippen molar-refractivity contribution in [2.45, 2.75) is 39.0 Å². The third kappa shape index (κ3) is 3.12. The van der Waals surface area contributed by atoms with Crippen LogP contribution in [0.1, 0.15) is 39.0 Å². The maximum atomic E-state index is 11.6. The van der Waals surface area contributed by atoms with E-state index in [2.05, 4.69) is 4.90 Å². The summed E-state index contributed by atoms with van der Waals surface area (Å²) < 4.78 is 5.05. The largest absolute Gasteiger partial charge is 0.466 e. The zero-order chi connectivity index (χ0) is 13.0. The van der Waals surface area contributed by atoms with Crippen LogP contribution in [0.2, 0.25) is 0 Å². The van der Waals surface area contributed by atoms with E-state index < -0.39 is 0 Å². The first-order valence-electron chi connectivity index (χ1n) is 6.85. The van der Waals surface area contributed by atoms with E-state index in [1.54, 1.807) is 6.08 Å². The zero-order valence-corrected chi connectivity index (χ0v) is 11.0. The molecule has 0 atom stereocenters. The van der Waals surface area contributed by atoms with E-state index in [1.165, 1.54) is 0 Å². The van der Waals surface area contributed by atoms with Crippen molar-refractivity contribution in [2.24, 2.45) is 5.92 Å². The molecule has 1 saturated heterocycles. The van der Waals surface area contributed by atoms with E-state index in [1.807, 2.05) is 6.92 Å². The molecular formula is C14H21NO3. The number of allylic oxidation sites excluding steroid dienone is 2. The van der Waals surface area contributed by atoms with Gasteiger partial charge >= 0.3 is 5.97 Å². The zero-order valence-electron chi connectivity index (χ0n) is 11.0. The molecule has 0 amide bonds. The summed E-state index contributed by atoms with van der Waals surface area (Å²) in [4.78, 5) is 25.3. The van der Waals surface area contributed by atoms with Crippen molar-refractivity contribution in [3.8, 4) is 0 Å². The number of hydrogen-bond donors (Lipinski definition) is 0. The fourth-order valence-corrected chi connectivity index (χ4v) is 2.69. The second-order valence-corrected chi connectivity index (χ2v) is 4.97. The number of piperidine rings is 1. The number of hydrogen-bond acceptors (Lipinski definition) is 4. The molecule has 2 aliphatic rings. The molecule has 100 valence electrons. The normalized spacial score (nSPS) is 21.7. The standard InChI is InChI=1S/C14H21NO3/c1-2-18-14(17)11-6-8-15(9-7-11)12-4-3-5-13(16)10-12/h10-11H,2-9H2,1H3. The Morgan fingerprint density at radius 3 is 2.72 bits per heavy atom. The quantitative estimate of drug-likeness (QED) is 0.719. The second-order valence-electron chi connectivity index (χ2n) is 4.97. The number of carbonyl (C=O) groups is 2. The summed E-state index contributed by atoms with van der Waals surface area (Å²) >= 11 is 0. The lowest BCUT2D eigenvalue weighted by molar-refractivity contribution is -0.149. The molecule has 0 N–H and O–H groups in total. The van der Waals surface area contributed by atoms with Gasteiger partial charge in [-0.1, -0.05) is 0 Å². The number of carbonyl (C=O) groups excluding carboxylic acids is 2. The SMILES string of the molecule is CCOC(=O)C1CCN(C2=CC(=O)CCC2)CC1. The number of esters is 1. The Labute approximate surface area is 108 Å². The van der Waals surface area contributed by atoms with Crippen LogP contribution in [0.15, 0.2) is 11.8 Å². The number of likely N-dealkylation sites (tertiary alicyclic amines) is 1. The monoisotopic (exact) mass is 251 g/mol. The second kappa shape index (κ2) is 6.03. The van der Waals surface area contributed by atoms with Gasteiger partial charge in [0.2, 0.25) is 0 Å². The molecule has 0 aromatic heterocycles. The average Bonchev–Trinajstić information content (AvgIpc) is 2.39. The molecule has 4 nitrogen and oxygen atoms in total. The van der Waals surface area contributed by atoms with Crippen LogP contribution < -0.4 is 0 Å². The molecular weight excluding hydrogens is 230 g/mol. The van der Waals surface area contributed by atoms with Gasteiger partial charge in [-0.3, -0.25) is 9.59 Å². The van der Waals surface area contributed by atoms with Crippen molar-refractivity contribution in [3.63, 3.8) is 0 Å². The van der Waals surface area contributed by atoms with Crippen molar-refractivity contribution < 1.29 is 14.3 Å². The minimum absolute atomic E-state index is 0.0427. The summed E-state index contributed by atoms with van der Waals surface area (Å²) in [6.07, 6.45) is 6.10. The highest BCUT2D eigenvalue weighted by Crippen LogP contribution is 2.26. The highest BCUT2D eigenvalue weighted by Gasteiger charge is 2.27. The number of ketones is 1. The lowest BCUT2D eigenvalue weighted by Gasteiger charge is -2.35. The van der Waals surface area contributed by atoms with Crippen LogP contribution in [0, 0.1) is 5.92 Å². The first kappa shape index (κ1) is 13.1. The Kier molecular flexibility index (Phi) is 4.39. The van der Waals surface area contributed by atoms with Gasteiger partial charge in [0.05, 0.1) is 12.5 Å². The van der Waals surface area contributed by atoms with E-state index in [0.717, 1.165) is 44.5 Å². The summed E-state index contributed by atoms with van der Waals surface area (Å²) in [6, 6.07) is 0. The first-order valence-corrected chi connectivity index (χ1v) is 6.85. The molecule has 0 saturated carbocycles. The summed E-state index contributed by atoms with van der Waals surface area (Å²) in [5, 5.41) is 0. The Morgan fingerprint density at radius 1 is 1.39 bits per heavy atom. The van der Waals surface area contributed by atoms with Crippen molar-refractivity contribution in [1.82, 2.24) is 4.90 Å². The van der Waals surface area contributed by atoms with Crippen LogP contribution >= 0.6 is 0 Å². The van der Waals surface area contributed by atoms with Crippen molar-refractivity contribution in [2.75, 3.05) is 19.7 Å². The molecule has 4 heteroatoms. The summed E-state index contributed by atoms with van der Waals surface area (Å²) in [5.41, 5.74) is 1.16. The van der Waals surface area contributed by atoms with E-state index in [-0.39, 0.29) is 17.7 Å². The Bertz CT molecular complexity index is 354. The molecule has 0 unspecified atom stereocenters. The fourth-order valence-electron chi connectivity index (χ4n) is 2.69. The van der Waals surface area contributed by atoms with Crippen LogP contribution in [0.3, 0.4) is 0 Å². The van der Waals surface area contributed by atoms with Crippen LogP contribution in [0.25, 0.3) is 0 Å². The van der Waals surface area contributed by atoms with E-state index in [4.69, 9.17) is 4.74 Å². The molecule has 0 spiro atoms. The van der Waals surface area contributed by atoms with Gasteiger partial charge in [-0.2, -0.15) is 0 Å². The summed E-state index contributed by atoms with van der Waals surface area (Å²) in [6.45, 7) is 4.02. The van der Waals surface area contributed by atoms with Crippen molar-refractivity contribution in [3.05, 3.63) is 11.8 Å². The maximum absolute atomic E-state index is 11.6. The molecule has 1 aliphatic carbocycles. The van der Waals surface area contributed by atoms with Gasteiger partial charge in [0.15, 0.2) is 5.78 Å².